The minimum atomic E-state index is -0.0596. The van der Waals surface area contributed by atoms with Crippen LogP contribution in [0.1, 0.15) is 34.6 Å². The molecule has 0 saturated carbocycles. The standard InChI is InChI=1S/C18H22N8O/c1-23-12-15(20-22-23)18(27)25-10-8-24(9-11-25)17-16-13-4-2-3-5-14(13)21-26(16)7-6-19-17/h6-7,12H,2-5,8-11H2,1H3. The van der Waals surface area contributed by atoms with E-state index in [2.05, 4.69) is 20.2 Å². The highest BCUT2D eigenvalue weighted by Crippen LogP contribution is 2.30. The van der Waals surface area contributed by atoms with Crippen LogP contribution < -0.4 is 4.90 Å². The summed E-state index contributed by atoms with van der Waals surface area (Å²) >= 11 is 0. The van der Waals surface area contributed by atoms with Crippen LogP contribution in [0.3, 0.4) is 0 Å². The number of carbonyl (C=O) groups excluding carboxylic acids is 1. The molecule has 0 atom stereocenters. The van der Waals surface area contributed by atoms with Gasteiger partial charge in [0.05, 0.1) is 11.9 Å². The normalized spacial score (nSPS) is 17.4. The van der Waals surface area contributed by atoms with Crippen molar-refractivity contribution in [1.82, 2.24) is 34.5 Å². The van der Waals surface area contributed by atoms with Crippen molar-refractivity contribution >= 4 is 17.2 Å². The zero-order chi connectivity index (χ0) is 18.4. The molecule has 9 nitrogen and oxygen atoms in total. The first kappa shape index (κ1) is 16.2. The molecule has 27 heavy (non-hydrogen) atoms. The van der Waals surface area contributed by atoms with Gasteiger partial charge in [0.15, 0.2) is 11.5 Å². The number of rotatable bonds is 2. The number of carbonyl (C=O) groups is 1. The van der Waals surface area contributed by atoms with Crippen LogP contribution in [0, 0.1) is 0 Å². The van der Waals surface area contributed by atoms with Crippen molar-refractivity contribution < 1.29 is 4.79 Å². The van der Waals surface area contributed by atoms with Gasteiger partial charge in [-0.2, -0.15) is 5.10 Å². The van der Waals surface area contributed by atoms with Gasteiger partial charge in [0, 0.05) is 51.2 Å². The fourth-order valence-electron chi connectivity index (χ4n) is 4.11. The molecule has 0 N–H and O–H groups in total. The molecule has 1 saturated heterocycles. The molecule has 0 aromatic carbocycles. The van der Waals surface area contributed by atoms with Crippen LogP contribution in [0.5, 0.6) is 0 Å². The van der Waals surface area contributed by atoms with Gasteiger partial charge in [-0.15, -0.1) is 5.10 Å². The van der Waals surface area contributed by atoms with Crippen LogP contribution in [-0.2, 0) is 19.9 Å². The molecule has 0 bridgehead atoms. The number of nitrogens with zero attached hydrogens (tertiary/aromatic N) is 8. The maximum atomic E-state index is 12.6. The molecule has 0 unspecified atom stereocenters. The van der Waals surface area contributed by atoms with Crippen LogP contribution in [0.15, 0.2) is 18.6 Å². The molecule has 1 amide bonds. The zero-order valence-electron chi connectivity index (χ0n) is 15.4. The first-order valence-electron chi connectivity index (χ1n) is 9.46. The number of amides is 1. The Labute approximate surface area is 156 Å². The second kappa shape index (κ2) is 6.33. The third-order valence-electron chi connectivity index (χ3n) is 5.49. The first-order valence-corrected chi connectivity index (χ1v) is 9.46. The Morgan fingerprint density at radius 3 is 2.70 bits per heavy atom. The fraction of sp³-hybridized carbons (Fsp3) is 0.500. The Hall–Kier alpha value is -2.97. The van der Waals surface area contributed by atoms with Crippen molar-refractivity contribution in [3.05, 3.63) is 35.5 Å². The molecule has 140 valence electrons. The molecule has 9 heteroatoms. The third-order valence-corrected chi connectivity index (χ3v) is 5.49. The summed E-state index contributed by atoms with van der Waals surface area (Å²) < 4.78 is 3.53. The van der Waals surface area contributed by atoms with E-state index in [1.165, 1.54) is 24.1 Å². The van der Waals surface area contributed by atoms with Crippen molar-refractivity contribution in [3.63, 3.8) is 0 Å². The lowest BCUT2D eigenvalue weighted by Crippen LogP contribution is -2.49. The van der Waals surface area contributed by atoms with E-state index in [0.29, 0.717) is 18.8 Å². The summed E-state index contributed by atoms with van der Waals surface area (Å²) in [5.41, 5.74) is 4.10. The Bertz CT molecular complexity index is 998. The van der Waals surface area contributed by atoms with Gasteiger partial charge in [0.1, 0.15) is 5.52 Å². The van der Waals surface area contributed by atoms with Crippen molar-refractivity contribution in [2.75, 3.05) is 31.1 Å². The van der Waals surface area contributed by atoms with E-state index >= 15 is 0 Å². The zero-order valence-corrected chi connectivity index (χ0v) is 15.4. The highest BCUT2D eigenvalue weighted by molar-refractivity contribution is 5.92. The lowest BCUT2D eigenvalue weighted by molar-refractivity contribution is 0.0740. The molecule has 3 aromatic heterocycles. The second-order valence-corrected chi connectivity index (χ2v) is 7.23. The van der Waals surface area contributed by atoms with Crippen molar-refractivity contribution in [1.29, 1.82) is 0 Å². The topological polar surface area (TPSA) is 84.5 Å². The van der Waals surface area contributed by atoms with Gasteiger partial charge >= 0.3 is 0 Å². The average Bonchev–Trinajstić information content (AvgIpc) is 3.31. The summed E-state index contributed by atoms with van der Waals surface area (Å²) in [5.74, 6) is 0.926. The largest absolute Gasteiger partial charge is 0.351 e. The molecule has 1 aliphatic carbocycles. The number of piperazine rings is 1. The summed E-state index contributed by atoms with van der Waals surface area (Å²) in [6.07, 6.45) is 9.96. The molecule has 2 aliphatic rings. The van der Waals surface area contributed by atoms with E-state index in [-0.39, 0.29) is 5.91 Å². The first-order chi connectivity index (χ1) is 13.2. The van der Waals surface area contributed by atoms with Gasteiger partial charge in [-0.1, -0.05) is 5.21 Å². The molecule has 4 heterocycles. The van der Waals surface area contributed by atoms with Crippen LogP contribution in [0.2, 0.25) is 0 Å². The number of fused-ring (bicyclic) bond motifs is 3. The summed E-state index contributed by atoms with van der Waals surface area (Å²) in [5, 5.41) is 12.5. The van der Waals surface area contributed by atoms with Gasteiger partial charge < -0.3 is 9.80 Å². The smallest absolute Gasteiger partial charge is 0.276 e. The molecule has 5 rings (SSSR count). The quantitative estimate of drug-likeness (QED) is 0.664. The third kappa shape index (κ3) is 2.73. The maximum Gasteiger partial charge on any atom is 0.276 e. The Morgan fingerprint density at radius 1 is 1.11 bits per heavy atom. The minimum absolute atomic E-state index is 0.0596. The summed E-state index contributed by atoms with van der Waals surface area (Å²) in [6.45, 7) is 2.79. The van der Waals surface area contributed by atoms with Gasteiger partial charge in [-0.05, 0) is 25.7 Å². The van der Waals surface area contributed by atoms with Crippen molar-refractivity contribution in [2.45, 2.75) is 25.7 Å². The van der Waals surface area contributed by atoms with E-state index in [0.717, 1.165) is 37.3 Å². The fourth-order valence-corrected chi connectivity index (χ4v) is 4.11. The predicted octanol–water partition coefficient (Wildman–Crippen LogP) is 0.699. The Balaban J connectivity index is 1.38. The average molecular weight is 366 g/mol. The van der Waals surface area contributed by atoms with E-state index in [9.17, 15) is 4.79 Å². The van der Waals surface area contributed by atoms with E-state index < -0.39 is 0 Å². The Kier molecular flexibility index (Phi) is 3.80. The minimum Gasteiger partial charge on any atom is -0.351 e. The molecule has 0 spiro atoms. The van der Waals surface area contributed by atoms with Crippen LogP contribution in [-0.4, -0.2) is 66.6 Å². The van der Waals surface area contributed by atoms with E-state index in [1.54, 1.807) is 17.9 Å². The van der Waals surface area contributed by atoms with Gasteiger partial charge in [0.2, 0.25) is 0 Å². The number of anilines is 1. The van der Waals surface area contributed by atoms with Crippen LogP contribution in [0.25, 0.3) is 5.52 Å². The van der Waals surface area contributed by atoms with Crippen LogP contribution in [0.4, 0.5) is 5.82 Å². The second-order valence-electron chi connectivity index (χ2n) is 7.23. The van der Waals surface area contributed by atoms with Gasteiger partial charge in [0.25, 0.3) is 5.91 Å². The summed E-state index contributed by atoms with van der Waals surface area (Å²) in [7, 11) is 1.76. The summed E-state index contributed by atoms with van der Waals surface area (Å²) in [6, 6.07) is 0. The van der Waals surface area contributed by atoms with E-state index in [1.807, 2.05) is 21.8 Å². The highest BCUT2D eigenvalue weighted by Gasteiger charge is 2.27. The molecule has 3 aromatic rings. The Morgan fingerprint density at radius 2 is 1.93 bits per heavy atom. The monoisotopic (exact) mass is 366 g/mol. The van der Waals surface area contributed by atoms with Gasteiger partial charge in [-0.25, -0.2) is 9.50 Å². The molecular formula is C18H22N8O. The molecule has 1 fully saturated rings. The molecule has 1 aliphatic heterocycles. The molecular weight excluding hydrogens is 344 g/mol. The van der Waals surface area contributed by atoms with E-state index in [4.69, 9.17) is 5.10 Å². The number of hydrogen-bond acceptors (Lipinski definition) is 6. The lowest BCUT2D eigenvalue weighted by atomic mass is 9.97. The maximum absolute atomic E-state index is 12.6. The number of aromatic nitrogens is 6. The van der Waals surface area contributed by atoms with Crippen molar-refractivity contribution in [2.24, 2.45) is 7.05 Å². The SMILES string of the molecule is Cn1cc(C(=O)N2CCN(c3nccn4nc5c(c34)CCCC5)CC2)nn1. The predicted molar refractivity (Wildman–Crippen MR) is 98.7 cm³/mol. The summed E-state index contributed by atoms with van der Waals surface area (Å²) in [4.78, 5) is 21.4. The highest BCUT2D eigenvalue weighted by atomic mass is 16.2. The van der Waals surface area contributed by atoms with Crippen molar-refractivity contribution in [3.8, 4) is 0 Å². The molecule has 0 radical (unpaired) electrons. The van der Waals surface area contributed by atoms with Gasteiger partial charge in [-0.3, -0.25) is 9.48 Å². The number of aryl methyl sites for hydroxylation is 3. The number of hydrogen-bond donors (Lipinski definition) is 0. The van der Waals surface area contributed by atoms with Crippen LogP contribution >= 0.6 is 0 Å². The lowest BCUT2D eigenvalue weighted by Gasteiger charge is -2.35.